The molecule has 0 bridgehead atoms. The number of unbranched alkanes of at least 4 members (excludes halogenated alkanes) is 1. The van der Waals surface area contributed by atoms with E-state index in [0.29, 0.717) is 0 Å². The molecule has 0 spiro atoms. The average molecular weight is 286 g/mol. The van der Waals surface area contributed by atoms with Crippen LogP contribution in [0.15, 0.2) is 4.99 Å². The minimum atomic E-state index is -1.05. The lowest BCUT2D eigenvalue weighted by Gasteiger charge is -2.22. The van der Waals surface area contributed by atoms with Crippen molar-refractivity contribution in [2.75, 3.05) is 13.2 Å². The predicted octanol–water partition coefficient (Wildman–Crippen LogP) is 1.56. The second-order valence-electron chi connectivity index (χ2n) is 5.15. The maximum absolute atomic E-state index is 11.7. The molecule has 0 heterocycles. The van der Waals surface area contributed by atoms with E-state index in [9.17, 15) is 14.4 Å². The van der Waals surface area contributed by atoms with Crippen molar-refractivity contribution in [3.05, 3.63) is 0 Å². The zero-order chi connectivity index (χ0) is 15.6. The van der Waals surface area contributed by atoms with Gasteiger partial charge in [-0.3, -0.25) is 0 Å². The van der Waals surface area contributed by atoms with Crippen LogP contribution in [0.5, 0.6) is 0 Å². The highest BCUT2D eigenvalue weighted by Crippen LogP contribution is 2.07. The molecule has 0 aliphatic rings. The minimum absolute atomic E-state index is 0.228. The molecule has 7 heteroatoms. The molecule has 0 radical (unpaired) electrons. The summed E-state index contributed by atoms with van der Waals surface area (Å²) < 4.78 is 10.00. The minimum Gasteiger partial charge on any atom is -0.464 e. The highest BCUT2D eigenvalue weighted by atomic mass is 16.6. The van der Waals surface area contributed by atoms with E-state index in [1.165, 1.54) is 6.08 Å². The fourth-order valence-corrected chi connectivity index (χ4v) is 1.18. The number of hydrogen-bond acceptors (Lipinski definition) is 6. The monoisotopic (exact) mass is 286 g/mol. The Balaban J connectivity index is 4.51. The highest BCUT2D eigenvalue weighted by Gasteiger charge is 2.25. The zero-order valence-electron chi connectivity index (χ0n) is 12.4. The van der Waals surface area contributed by atoms with E-state index < -0.39 is 23.7 Å². The number of ether oxygens (including phenoxy) is 2. The van der Waals surface area contributed by atoms with Crippen molar-refractivity contribution in [2.45, 2.75) is 52.2 Å². The summed E-state index contributed by atoms with van der Waals surface area (Å²) in [5.41, 5.74) is -0.686. The number of carbonyl (C=O) groups is 2. The van der Waals surface area contributed by atoms with E-state index in [4.69, 9.17) is 9.47 Å². The molecule has 114 valence electrons. The van der Waals surface area contributed by atoms with Crippen molar-refractivity contribution in [1.82, 2.24) is 5.32 Å². The van der Waals surface area contributed by atoms with Gasteiger partial charge in [-0.15, -0.1) is 0 Å². The van der Waals surface area contributed by atoms with Crippen LogP contribution < -0.4 is 5.32 Å². The standard InChI is InChI=1S/C13H22N2O5/c1-5-6-7-19-11(17)10(8-14-9-16)15-12(18)20-13(2,3)4/h10H,5-8H2,1-4H3,(H,15,18)/t10-/m1/s1. The van der Waals surface area contributed by atoms with Crippen molar-refractivity contribution in [3.8, 4) is 0 Å². The quantitative estimate of drug-likeness (QED) is 0.332. The van der Waals surface area contributed by atoms with Crippen molar-refractivity contribution < 1.29 is 23.9 Å². The second kappa shape index (κ2) is 9.09. The maximum Gasteiger partial charge on any atom is 0.408 e. The Morgan fingerprint density at radius 1 is 1.35 bits per heavy atom. The molecule has 0 saturated carbocycles. The summed E-state index contributed by atoms with van der Waals surface area (Å²) in [5.74, 6) is -0.650. The molecule has 1 amide bonds. The Hall–Kier alpha value is -1.88. The summed E-state index contributed by atoms with van der Waals surface area (Å²) in [6.07, 6.45) is 2.15. The molecule has 0 aliphatic heterocycles. The van der Waals surface area contributed by atoms with E-state index in [2.05, 4.69) is 10.3 Å². The van der Waals surface area contributed by atoms with Gasteiger partial charge in [0, 0.05) is 0 Å². The molecule has 0 aliphatic carbocycles. The van der Waals surface area contributed by atoms with Gasteiger partial charge >= 0.3 is 12.1 Å². The summed E-state index contributed by atoms with van der Waals surface area (Å²) in [6.45, 7) is 7.08. The van der Waals surface area contributed by atoms with Gasteiger partial charge in [0.2, 0.25) is 6.08 Å². The highest BCUT2D eigenvalue weighted by molar-refractivity contribution is 5.81. The molecule has 0 rings (SSSR count). The molecule has 0 fully saturated rings. The van der Waals surface area contributed by atoms with Crippen molar-refractivity contribution in [2.24, 2.45) is 4.99 Å². The molecule has 0 aromatic carbocycles. The molecule has 7 nitrogen and oxygen atoms in total. The van der Waals surface area contributed by atoms with E-state index in [0.717, 1.165) is 12.8 Å². The van der Waals surface area contributed by atoms with Crippen LogP contribution in [0.4, 0.5) is 4.79 Å². The first-order chi connectivity index (χ1) is 9.30. The number of isocyanates is 1. The third-order valence-electron chi connectivity index (χ3n) is 2.06. The van der Waals surface area contributed by atoms with Gasteiger partial charge in [0.1, 0.15) is 5.60 Å². The lowest BCUT2D eigenvalue weighted by atomic mass is 10.2. The van der Waals surface area contributed by atoms with Gasteiger partial charge in [-0.25, -0.2) is 19.4 Å². The molecule has 1 N–H and O–H groups in total. The number of rotatable bonds is 7. The molecule has 20 heavy (non-hydrogen) atoms. The summed E-state index contributed by atoms with van der Waals surface area (Å²) in [6, 6.07) is -1.05. The van der Waals surface area contributed by atoms with Crippen LogP contribution in [0.1, 0.15) is 40.5 Å². The zero-order valence-corrected chi connectivity index (χ0v) is 12.4. The average Bonchev–Trinajstić information content (AvgIpc) is 2.32. The Morgan fingerprint density at radius 3 is 2.50 bits per heavy atom. The van der Waals surface area contributed by atoms with Crippen LogP contribution in [0.25, 0.3) is 0 Å². The van der Waals surface area contributed by atoms with Gasteiger partial charge in [0.05, 0.1) is 13.2 Å². The fraction of sp³-hybridized carbons (Fsp3) is 0.769. The van der Waals surface area contributed by atoms with Crippen LogP contribution in [0, 0.1) is 0 Å². The third-order valence-corrected chi connectivity index (χ3v) is 2.06. The lowest BCUT2D eigenvalue weighted by molar-refractivity contribution is -0.146. The number of esters is 1. The Morgan fingerprint density at radius 2 is 2.00 bits per heavy atom. The first kappa shape index (κ1) is 18.1. The number of alkyl carbamates (subject to hydrolysis) is 1. The van der Waals surface area contributed by atoms with Crippen molar-refractivity contribution in [1.29, 1.82) is 0 Å². The van der Waals surface area contributed by atoms with Crippen LogP contribution >= 0.6 is 0 Å². The van der Waals surface area contributed by atoms with E-state index in [-0.39, 0.29) is 13.2 Å². The van der Waals surface area contributed by atoms with Crippen LogP contribution in [-0.2, 0) is 19.1 Å². The number of nitrogens with one attached hydrogen (secondary N) is 1. The summed E-state index contributed by atoms with van der Waals surface area (Å²) in [7, 11) is 0. The second-order valence-corrected chi connectivity index (χ2v) is 5.15. The number of aliphatic imine (C=N–C) groups is 1. The van der Waals surface area contributed by atoms with Crippen LogP contribution in [-0.4, -0.2) is 42.9 Å². The van der Waals surface area contributed by atoms with Gasteiger partial charge in [-0.2, -0.15) is 0 Å². The maximum atomic E-state index is 11.7. The van der Waals surface area contributed by atoms with E-state index >= 15 is 0 Å². The van der Waals surface area contributed by atoms with E-state index in [1.54, 1.807) is 20.8 Å². The number of amides is 1. The molecular weight excluding hydrogens is 264 g/mol. The van der Waals surface area contributed by atoms with Crippen LogP contribution in [0.2, 0.25) is 0 Å². The van der Waals surface area contributed by atoms with Gasteiger partial charge in [0.15, 0.2) is 6.04 Å². The predicted molar refractivity (Wildman–Crippen MR) is 72.0 cm³/mol. The first-order valence-corrected chi connectivity index (χ1v) is 6.50. The lowest BCUT2D eigenvalue weighted by Crippen LogP contribution is -2.46. The largest absolute Gasteiger partial charge is 0.464 e. The van der Waals surface area contributed by atoms with Gasteiger partial charge < -0.3 is 14.8 Å². The topological polar surface area (TPSA) is 94.1 Å². The van der Waals surface area contributed by atoms with Gasteiger partial charge in [0.25, 0.3) is 0 Å². The third kappa shape index (κ3) is 9.10. The smallest absolute Gasteiger partial charge is 0.408 e. The molecule has 1 atom stereocenters. The number of hydrogen-bond donors (Lipinski definition) is 1. The van der Waals surface area contributed by atoms with Crippen molar-refractivity contribution >= 4 is 18.1 Å². The summed E-state index contributed by atoms with van der Waals surface area (Å²) in [4.78, 5) is 36.7. The van der Waals surface area contributed by atoms with Crippen LogP contribution in [0.3, 0.4) is 0 Å². The molecular formula is C13H22N2O5. The Bertz CT molecular complexity index is 369. The Kier molecular flexibility index (Phi) is 8.24. The molecule has 0 saturated heterocycles. The number of carbonyl (C=O) groups excluding carboxylic acids is 3. The molecule has 0 aromatic rings. The summed E-state index contributed by atoms with van der Waals surface area (Å²) in [5, 5.41) is 2.33. The SMILES string of the molecule is CCCCOC(=O)[C@@H](CN=C=O)NC(=O)OC(C)(C)C. The normalized spacial score (nSPS) is 12.0. The Labute approximate surface area is 118 Å². The summed E-state index contributed by atoms with van der Waals surface area (Å²) >= 11 is 0. The van der Waals surface area contributed by atoms with Crippen molar-refractivity contribution in [3.63, 3.8) is 0 Å². The first-order valence-electron chi connectivity index (χ1n) is 6.50. The number of nitrogens with zero attached hydrogens (tertiary/aromatic N) is 1. The van der Waals surface area contributed by atoms with E-state index in [1.807, 2.05) is 6.92 Å². The molecule has 0 unspecified atom stereocenters. The van der Waals surface area contributed by atoms with Gasteiger partial charge in [-0.05, 0) is 27.2 Å². The fourth-order valence-electron chi connectivity index (χ4n) is 1.18. The van der Waals surface area contributed by atoms with Gasteiger partial charge in [-0.1, -0.05) is 13.3 Å². The molecule has 0 aromatic heterocycles.